The Labute approximate surface area is 59.2 Å². The van der Waals surface area contributed by atoms with E-state index in [0.29, 0.717) is 12.1 Å². The third-order valence-electron chi connectivity index (χ3n) is 1.19. The molecule has 0 aliphatic carbocycles. The summed E-state index contributed by atoms with van der Waals surface area (Å²) in [5.41, 5.74) is 0.440. The lowest BCUT2D eigenvalue weighted by atomic mass is 10.1. The largest absolute Gasteiger partial charge is 0.481 e. The van der Waals surface area contributed by atoms with Crippen molar-refractivity contribution in [1.82, 2.24) is 0 Å². The van der Waals surface area contributed by atoms with E-state index in [9.17, 15) is 4.79 Å². The van der Waals surface area contributed by atoms with Gasteiger partial charge in [-0.05, 0) is 6.92 Å². The Morgan fingerprint density at radius 1 is 1.70 bits per heavy atom. The highest BCUT2D eigenvalue weighted by Crippen LogP contribution is 2.02. The molecular weight excluding hydrogens is 134 g/mol. The van der Waals surface area contributed by atoms with E-state index in [-0.39, 0.29) is 0 Å². The van der Waals surface area contributed by atoms with Gasteiger partial charge in [0, 0.05) is 6.42 Å². The lowest BCUT2D eigenvalue weighted by molar-refractivity contribution is -0.140. The first kappa shape index (κ1) is 8.94. The monoisotopic (exact) mass is 145 g/mol. The third-order valence-corrected chi connectivity index (χ3v) is 1.19. The van der Waals surface area contributed by atoms with Crippen molar-refractivity contribution in [1.29, 1.82) is 0 Å². The summed E-state index contributed by atoms with van der Waals surface area (Å²) in [4.78, 5) is 10.2. The lowest BCUT2D eigenvalue weighted by Gasteiger charge is -2.02. The molecule has 0 saturated heterocycles. The summed E-state index contributed by atoms with van der Waals surface area (Å²) >= 11 is 0. The fourth-order valence-corrected chi connectivity index (χ4v) is 0.571. The van der Waals surface area contributed by atoms with Crippen molar-refractivity contribution in [2.75, 3.05) is 0 Å². The SMILES string of the molecule is C/C(CC(C)C(=O)O)=N/O. The summed E-state index contributed by atoms with van der Waals surface area (Å²) in [5.74, 6) is -1.35. The van der Waals surface area contributed by atoms with E-state index in [0.717, 1.165) is 0 Å². The molecular formula is C6H11NO3. The van der Waals surface area contributed by atoms with E-state index in [1.807, 2.05) is 0 Å². The molecule has 4 heteroatoms. The van der Waals surface area contributed by atoms with Gasteiger partial charge in [0.05, 0.1) is 11.6 Å². The van der Waals surface area contributed by atoms with Gasteiger partial charge in [-0.3, -0.25) is 4.79 Å². The smallest absolute Gasteiger partial charge is 0.306 e. The fraction of sp³-hybridized carbons (Fsp3) is 0.667. The Hall–Kier alpha value is -1.06. The van der Waals surface area contributed by atoms with Crippen LogP contribution in [0.5, 0.6) is 0 Å². The molecule has 0 aromatic heterocycles. The second kappa shape index (κ2) is 3.87. The number of hydrogen-bond acceptors (Lipinski definition) is 3. The summed E-state index contributed by atoms with van der Waals surface area (Å²) in [6.45, 7) is 3.15. The van der Waals surface area contributed by atoms with Crippen LogP contribution in [0.3, 0.4) is 0 Å². The first-order chi connectivity index (χ1) is 4.57. The fourth-order valence-electron chi connectivity index (χ4n) is 0.571. The first-order valence-corrected chi connectivity index (χ1v) is 2.98. The van der Waals surface area contributed by atoms with Crippen molar-refractivity contribution in [2.45, 2.75) is 20.3 Å². The highest BCUT2D eigenvalue weighted by molar-refractivity contribution is 5.85. The van der Waals surface area contributed by atoms with Crippen LogP contribution < -0.4 is 0 Å². The predicted octanol–water partition coefficient (Wildman–Crippen LogP) is 0.947. The molecule has 0 spiro atoms. The number of oxime groups is 1. The van der Waals surface area contributed by atoms with Gasteiger partial charge in [-0.1, -0.05) is 12.1 Å². The molecule has 0 amide bonds. The van der Waals surface area contributed by atoms with Crippen LogP contribution in [0.25, 0.3) is 0 Å². The number of nitrogens with zero attached hydrogens (tertiary/aromatic N) is 1. The normalized spacial score (nSPS) is 14.8. The highest BCUT2D eigenvalue weighted by atomic mass is 16.4. The van der Waals surface area contributed by atoms with E-state index in [1.165, 1.54) is 0 Å². The van der Waals surface area contributed by atoms with Crippen LogP contribution in [0.1, 0.15) is 20.3 Å². The van der Waals surface area contributed by atoms with Gasteiger partial charge >= 0.3 is 5.97 Å². The van der Waals surface area contributed by atoms with Gasteiger partial charge in [0.2, 0.25) is 0 Å². The number of carbonyl (C=O) groups is 1. The molecule has 1 atom stereocenters. The van der Waals surface area contributed by atoms with Crippen LogP contribution in [0.2, 0.25) is 0 Å². The van der Waals surface area contributed by atoms with Crippen LogP contribution in [-0.2, 0) is 4.79 Å². The minimum absolute atomic E-state index is 0.297. The second-order valence-corrected chi connectivity index (χ2v) is 2.28. The van der Waals surface area contributed by atoms with Gasteiger partial charge in [0.25, 0.3) is 0 Å². The lowest BCUT2D eigenvalue weighted by Crippen LogP contribution is -2.12. The maximum atomic E-state index is 10.2. The average molecular weight is 145 g/mol. The summed E-state index contributed by atoms with van der Waals surface area (Å²) in [6.07, 6.45) is 0.297. The van der Waals surface area contributed by atoms with E-state index < -0.39 is 11.9 Å². The van der Waals surface area contributed by atoms with Crippen LogP contribution in [0, 0.1) is 5.92 Å². The second-order valence-electron chi connectivity index (χ2n) is 2.28. The van der Waals surface area contributed by atoms with E-state index in [2.05, 4.69) is 5.16 Å². The standard InChI is InChI=1S/C6H11NO3/c1-4(6(8)9)3-5(2)7-10/h4,10H,3H2,1-2H3,(H,8,9)/b7-5-. The van der Waals surface area contributed by atoms with Crippen LogP contribution in [-0.4, -0.2) is 22.0 Å². The number of hydrogen-bond donors (Lipinski definition) is 2. The van der Waals surface area contributed by atoms with Crippen molar-refractivity contribution in [3.8, 4) is 0 Å². The van der Waals surface area contributed by atoms with Crippen molar-refractivity contribution < 1.29 is 15.1 Å². The molecule has 58 valence electrons. The molecule has 1 unspecified atom stereocenters. The Kier molecular flexibility index (Phi) is 3.46. The van der Waals surface area contributed by atoms with E-state index in [1.54, 1.807) is 13.8 Å². The Morgan fingerprint density at radius 3 is 2.50 bits per heavy atom. The number of carboxylic acids is 1. The summed E-state index contributed by atoms with van der Waals surface area (Å²) < 4.78 is 0. The van der Waals surface area contributed by atoms with Gasteiger partial charge in [0.1, 0.15) is 0 Å². The predicted molar refractivity (Wildman–Crippen MR) is 36.3 cm³/mol. The van der Waals surface area contributed by atoms with E-state index in [4.69, 9.17) is 10.3 Å². The molecule has 4 nitrogen and oxygen atoms in total. The molecule has 0 aromatic rings. The number of rotatable bonds is 3. The van der Waals surface area contributed by atoms with Gasteiger partial charge in [-0.2, -0.15) is 0 Å². The molecule has 0 radical (unpaired) electrons. The Balaban J connectivity index is 3.80. The minimum Gasteiger partial charge on any atom is -0.481 e. The van der Waals surface area contributed by atoms with Crippen molar-refractivity contribution >= 4 is 11.7 Å². The third kappa shape index (κ3) is 3.06. The van der Waals surface area contributed by atoms with Gasteiger partial charge < -0.3 is 10.3 Å². The highest BCUT2D eigenvalue weighted by Gasteiger charge is 2.11. The zero-order chi connectivity index (χ0) is 8.15. The molecule has 0 rings (SSSR count). The molecule has 0 aliphatic rings. The number of carboxylic acid groups (broad SMARTS) is 1. The maximum absolute atomic E-state index is 10.2. The van der Waals surface area contributed by atoms with Crippen molar-refractivity contribution in [3.05, 3.63) is 0 Å². The quantitative estimate of drug-likeness (QED) is 0.353. The topological polar surface area (TPSA) is 69.9 Å². The van der Waals surface area contributed by atoms with E-state index >= 15 is 0 Å². The summed E-state index contributed by atoms with van der Waals surface area (Å²) in [7, 11) is 0. The van der Waals surface area contributed by atoms with Crippen LogP contribution >= 0.6 is 0 Å². The van der Waals surface area contributed by atoms with Gasteiger partial charge in [-0.25, -0.2) is 0 Å². The van der Waals surface area contributed by atoms with Crippen LogP contribution in [0.4, 0.5) is 0 Å². The summed E-state index contributed by atoms with van der Waals surface area (Å²) in [5, 5.41) is 19.4. The molecule has 10 heavy (non-hydrogen) atoms. The first-order valence-electron chi connectivity index (χ1n) is 2.98. The maximum Gasteiger partial charge on any atom is 0.306 e. The molecule has 0 fully saturated rings. The molecule has 0 bridgehead atoms. The zero-order valence-electron chi connectivity index (χ0n) is 6.03. The van der Waals surface area contributed by atoms with Crippen LogP contribution in [0.15, 0.2) is 5.16 Å². The average Bonchev–Trinajstić information content (AvgIpc) is 1.87. The van der Waals surface area contributed by atoms with Crippen molar-refractivity contribution in [3.63, 3.8) is 0 Å². The molecule has 0 saturated carbocycles. The Bertz CT molecular complexity index is 153. The molecule has 0 aromatic carbocycles. The van der Waals surface area contributed by atoms with Gasteiger partial charge in [-0.15, -0.1) is 0 Å². The molecule has 2 N–H and O–H groups in total. The number of aliphatic carboxylic acids is 1. The molecule has 0 aliphatic heterocycles. The van der Waals surface area contributed by atoms with Crippen molar-refractivity contribution in [2.24, 2.45) is 11.1 Å². The minimum atomic E-state index is -0.872. The zero-order valence-corrected chi connectivity index (χ0v) is 6.03. The van der Waals surface area contributed by atoms with Gasteiger partial charge in [0.15, 0.2) is 0 Å². The molecule has 0 heterocycles. The summed E-state index contributed by atoms with van der Waals surface area (Å²) in [6, 6.07) is 0. The Morgan fingerprint density at radius 2 is 2.20 bits per heavy atom.